The highest BCUT2D eigenvalue weighted by Crippen LogP contribution is 2.33. The van der Waals surface area contributed by atoms with Crippen LogP contribution in [0.15, 0.2) is 77.3 Å². The molecule has 0 saturated carbocycles. The SMILES string of the molecule is C=C1CCN(C)CC/C=C\C(COC2=C(\C)CCCC/C=C\2c2cccc(-n3ncc(C(C)=O)c3OCC)n2)=C/1C. The fourth-order valence-electron chi connectivity index (χ4n) is 5.15. The van der Waals surface area contributed by atoms with Crippen molar-refractivity contribution in [3.05, 3.63) is 88.5 Å². The Labute approximate surface area is 244 Å². The molecule has 4 rings (SSSR count). The molecule has 3 heterocycles. The third kappa shape index (κ3) is 7.53. The summed E-state index contributed by atoms with van der Waals surface area (Å²) in [6, 6.07) is 5.86. The molecular weight excluding hydrogens is 512 g/mol. The first kappa shape index (κ1) is 30.3. The summed E-state index contributed by atoms with van der Waals surface area (Å²) in [6.07, 6.45) is 14.4. The lowest BCUT2D eigenvalue weighted by molar-refractivity contribution is 0.101. The minimum atomic E-state index is -0.0956. The fourth-order valence-corrected chi connectivity index (χ4v) is 5.15. The van der Waals surface area contributed by atoms with Gasteiger partial charge >= 0.3 is 0 Å². The molecule has 0 aromatic carbocycles. The molecule has 41 heavy (non-hydrogen) atoms. The maximum Gasteiger partial charge on any atom is 0.229 e. The van der Waals surface area contributed by atoms with Gasteiger partial charge in [-0.15, -0.1) is 0 Å². The lowest BCUT2D eigenvalue weighted by Gasteiger charge is -2.22. The zero-order valence-corrected chi connectivity index (χ0v) is 25.3. The van der Waals surface area contributed by atoms with Gasteiger partial charge in [-0.2, -0.15) is 9.78 Å². The van der Waals surface area contributed by atoms with Crippen LogP contribution in [0.5, 0.6) is 5.88 Å². The Bertz CT molecular complexity index is 1390. The molecule has 0 unspecified atom stereocenters. The molecule has 218 valence electrons. The molecule has 0 radical (unpaired) electrons. The van der Waals surface area contributed by atoms with Crippen LogP contribution in [0.25, 0.3) is 11.4 Å². The van der Waals surface area contributed by atoms with Gasteiger partial charge in [-0.3, -0.25) is 4.79 Å². The number of hydrogen-bond donors (Lipinski definition) is 0. The third-order valence-corrected chi connectivity index (χ3v) is 7.78. The summed E-state index contributed by atoms with van der Waals surface area (Å²) < 4.78 is 14.1. The van der Waals surface area contributed by atoms with E-state index in [-0.39, 0.29) is 5.78 Å². The van der Waals surface area contributed by atoms with E-state index in [4.69, 9.17) is 14.5 Å². The molecule has 0 fully saturated rings. The van der Waals surface area contributed by atoms with E-state index in [1.807, 2.05) is 25.1 Å². The van der Waals surface area contributed by atoms with Crippen molar-refractivity contribution < 1.29 is 14.3 Å². The standard InChI is InChI=1S/C34H44N4O3/c1-7-40-34-30(27(5)39)22-35-38(34)32-18-13-17-31(36-32)29-16-10-8-9-14-25(3)33(29)41-23-28-15-11-12-20-37(6)21-19-24(2)26(28)4/h11,13,15-18,22H,2,7-10,12,14,19-21,23H2,1,3-6H3/b15-11-,28-26+,29-16-,33-25+. The Morgan fingerprint density at radius 2 is 1.93 bits per heavy atom. The summed E-state index contributed by atoms with van der Waals surface area (Å²) >= 11 is 0. The van der Waals surface area contributed by atoms with E-state index >= 15 is 0 Å². The van der Waals surface area contributed by atoms with Gasteiger partial charge in [-0.05, 0) is 102 Å². The zero-order valence-electron chi connectivity index (χ0n) is 25.3. The number of hydrogen-bond acceptors (Lipinski definition) is 6. The Hall–Kier alpha value is -3.71. The van der Waals surface area contributed by atoms with Gasteiger partial charge in [0.05, 0.1) is 24.1 Å². The molecule has 0 spiro atoms. The molecule has 7 nitrogen and oxygen atoms in total. The Morgan fingerprint density at radius 3 is 2.71 bits per heavy atom. The Morgan fingerprint density at radius 1 is 1.10 bits per heavy atom. The number of carbonyl (C=O) groups is 1. The zero-order chi connectivity index (χ0) is 29.4. The molecule has 2 aromatic rings. The van der Waals surface area contributed by atoms with Crippen LogP contribution in [0.1, 0.15) is 82.3 Å². The van der Waals surface area contributed by atoms with Crippen LogP contribution in [0.2, 0.25) is 0 Å². The average molecular weight is 557 g/mol. The minimum Gasteiger partial charge on any atom is -0.488 e. The monoisotopic (exact) mass is 556 g/mol. The molecule has 0 N–H and O–H groups in total. The van der Waals surface area contributed by atoms with Crippen LogP contribution in [0, 0.1) is 0 Å². The quantitative estimate of drug-likeness (QED) is 0.319. The van der Waals surface area contributed by atoms with Crippen molar-refractivity contribution in [1.29, 1.82) is 0 Å². The van der Waals surface area contributed by atoms with Crippen LogP contribution in [-0.2, 0) is 4.74 Å². The lowest BCUT2D eigenvalue weighted by atomic mass is 9.96. The molecule has 0 atom stereocenters. The summed E-state index contributed by atoms with van der Waals surface area (Å²) in [7, 11) is 2.17. The van der Waals surface area contributed by atoms with Gasteiger partial charge in [0.15, 0.2) is 11.6 Å². The van der Waals surface area contributed by atoms with Crippen molar-refractivity contribution in [2.24, 2.45) is 0 Å². The number of Topliss-reactive ketones (excluding diaryl/α,β-unsaturated/α-hetero) is 1. The van der Waals surface area contributed by atoms with Crippen molar-refractivity contribution >= 4 is 11.4 Å². The van der Waals surface area contributed by atoms with E-state index in [2.05, 4.69) is 55.7 Å². The highest BCUT2D eigenvalue weighted by atomic mass is 16.5. The van der Waals surface area contributed by atoms with Crippen molar-refractivity contribution in [3.63, 3.8) is 0 Å². The predicted octanol–water partition coefficient (Wildman–Crippen LogP) is 7.27. The van der Waals surface area contributed by atoms with Crippen molar-refractivity contribution in [2.45, 2.75) is 66.2 Å². The van der Waals surface area contributed by atoms with Gasteiger partial charge in [-0.25, -0.2) is 4.98 Å². The molecule has 0 bridgehead atoms. The second-order valence-electron chi connectivity index (χ2n) is 10.9. The minimum absolute atomic E-state index is 0.0956. The third-order valence-electron chi connectivity index (χ3n) is 7.78. The molecule has 7 heteroatoms. The second-order valence-corrected chi connectivity index (χ2v) is 10.9. The first-order chi connectivity index (χ1) is 19.8. The van der Waals surface area contributed by atoms with E-state index in [0.29, 0.717) is 30.5 Å². The fraction of sp³-hybridized carbons (Fsp3) is 0.441. The van der Waals surface area contributed by atoms with Gasteiger partial charge in [0.2, 0.25) is 5.88 Å². The van der Waals surface area contributed by atoms with Gasteiger partial charge < -0.3 is 14.4 Å². The number of nitrogens with zero attached hydrogens (tertiary/aromatic N) is 4. The average Bonchev–Trinajstić information content (AvgIpc) is 3.38. The van der Waals surface area contributed by atoms with Crippen LogP contribution < -0.4 is 4.74 Å². The van der Waals surface area contributed by atoms with E-state index in [1.165, 1.54) is 18.1 Å². The summed E-state index contributed by atoms with van der Waals surface area (Å²) in [5, 5.41) is 4.45. The van der Waals surface area contributed by atoms with Gasteiger partial charge in [0, 0.05) is 18.7 Å². The number of pyridine rings is 1. The second kappa shape index (κ2) is 14.3. The summed E-state index contributed by atoms with van der Waals surface area (Å²) in [6.45, 7) is 15.0. The summed E-state index contributed by atoms with van der Waals surface area (Å²) in [5.74, 6) is 1.80. The molecule has 0 saturated heterocycles. The van der Waals surface area contributed by atoms with Gasteiger partial charge in [-0.1, -0.05) is 36.4 Å². The molecule has 0 amide bonds. The number of allylic oxidation sites excluding steroid dienone is 4. The van der Waals surface area contributed by atoms with E-state index < -0.39 is 0 Å². The van der Waals surface area contributed by atoms with E-state index in [0.717, 1.165) is 79.8 Å². The highest BCUT2D eigenvalue weighted by Gasteiger charge is 2.21. The number of ketones is 1. The maximum absolute atomic E-state index is 12.2. The van der Waals surface area contributed by atoms with E-state index in [1.54, 1.807) is 10.9 Å². The maximum atomic E-state index is 12.2. The predicted molar refractivity (Wildman–Crippen MR) is 165 cm³/mol. The number of ether oxygens (including phenoxy) is 2. The van der Waals surface area contributed by atoms with Crippen molar-refractivity contribution in [3.8, 4) is 11.7 Å². The molecular formula is C34H44N4O3. The smallest absolute Gasteiger partial charge is 0.229 e. The first-order valence-corrected chi connectivity index (χ1v) is 14.8. The number of rotatable bonds is 8. The lowest BCUT2D eigenvalue weighted by Crippen LogP contribution is -2.21. The van der Waals surface area contributed by atoms with Gasteiger partial charge in [0.1, 0.15) is 12.4 Å². The van der Waals surface area contributed by atoms with Crippen molar-refractivity contribution in [1.82, 2.24) is 19.7 Å². The summed E-state index contributed by atoms with van der Waals surface area (Å²) in [4.78, 5) is 19.5. The van der Waals surface area contributed by atoms with Crippen LogP contribution in [0.3, 0.4) is 0 Å². The molecule has 1 aliphatic heterocycles. The van der Waals surface area contributed by atoms with Crippen LogP contribution in [-0.4, -0.2) is 58.8 Å². The topological polar surface area (TPSA) is 69.5 Å². The van der Waals surface area contributed by atoms with Gasteiger partial charge in [0.25, 0.3) is 0 Å². The molecule has 2 aromatic heterocycles. The highest BCUT2D eigenvalue weighted by molar-refractivity contribution is 5.96. The first-order valence-electron chi connectivity index (χ1n) is 14.8. The normalized spacial score (nSPS) is 23.2. The summed E-state index contributed by atoms with van der Waals surface area (Å²) in [5.41, 5.74) is 6.99. The Balaban J connectivity index is 1.68. The Kier molecular flexibility index (Phi) is 10.5. The number of carbonyl (C=O) groups excluding carboxylic acids is 1. The number of aromatic nitrogens is 3. The van der Waals surface area contributed by atoms with E-state index in [9.17, 15) is 4.79 Å². The molecule has 2 aliphatic rings. The van der Waals surface area contributed by atoms with Crippen LogP contribution in [0.4, 0.5) is 0 Å². The van der Waals surface area contributed by atoms with Crippen LogP contribution >= 0.6 is 0 Å². The van der Waals surface area contributed by atoms with Crippen molar-refractivity contribution in [2.75, 3.05) is 33.4 Å². The largest absolute Gasteiger partial charge is 0.488 e. The molecule has 1 aliphatic carbocycles.